The first-order valence-electron chi connectivity index (χ1n) is 5.32. The lowest BCUT2D eigenvalue weighted by Crippen LogP contribution is -2.31. The minimum atomic E-state index is -0.249. The fourth-order valence-corrected chi connectivity index (χ4v) is 1.46. The monoisotopic (exact) mass is 202 g/mol. The van der Waals surface area contributed by atoms with Crippen molar-refractivity contribution in [3.63, 3.8) is 0 Å². The highest BCUT2D eigenvalue weighted by atomic mass is 17.2. The summed E-state index contributed by atoms with van der Waals surface area (Å²) in [4.78, 5) is 21.0. The van der Waals surface area contributed by atoms with E-state index in [1.54, 1.807) is 6.92 Å². The average molecular weight is 202 g/mol. The molecule has 0 aromatic carbocycles. The predicted octanol–water partition coefficient (Wildman–Crippen LogP) is 2.94. The summed E-state index contributed by atoms with van der Waals surface area (Å²) >= 11 is 0. The topological polar surface area (TPSA) is 35.5 Å². The fraction of sp³-hybridized carbons (Fsp3) is 0.909. The third-order valence-corrected chi connectivity index (χ3v) is 2.81. The second-order valence-corrected chi connectivity index (χ2v) is 4.11. The first-order chi connectivity index (χ1) is 6.49. The van der Waals surface area contributed by atoms with Crippen LogP contribution in [-0.2, 0) is 14.6 Å². The van der Waals surface area contributed by atoms with Gasteiger partial charge in [-0.25, -0.2) is 4.79 Å². The number of rotatable bonds is 6. The fourth-order valence-electron chi connectivity index (χ4n) is 1.46. The molecule has 0 aliphatic carbocycles. The molecule has 3 heteroatoms. The summed E-state index contributed by atoms with van der Waals surface area (Å²) < 4.78 is 0. The molecule has 0 aromatic rings. The molecule has 0 heterocycles. The van der Waals surface area contributed by atoms with Crippen molar-refractivity contribution in [2.45, 2.75) is 47.5 Å². The van der Waals surface area contributed by atoms with Crippen molar-refractivity contribution >= 4 is 5.97 Å². The molecular formula is C11H22O3. The molecule has 0 spiro atoms. The Morgan fingerprint density at radius 1 is 1.29 bits per heavy atom. The molecule has 3 nitrogen and oxygen atoms in total. The molecule has 84 valence electrons. The van der Waals surface area contributed by atoms with Crippen molar-refractivity contribution in [2.24, 2.45) is 11.3 Å². The quantitative estimate of drug-likeness (QED) is 0.490. The Balaban J connectivity index is 4.32. The zero-order valence-electron chi connectivity index (χ0n) is 9.92. The van der Waals surface area contributed by atoms with E-state index in [1.165, 1.54) is 0 Å². The summed E-state index contributed by atoms with van der Waals surface area (Å²) in [6, 6.07) is 0. The molecular weight excluding hydrogens is 180 g/mol. The summed E-state index contributed by atoms with van der Waals surface area (Å²) in [6.45, 7) is 10.4. The normalized spacial score (nSPS) is 13.8. The maximum absolute atomic E-state index is 11.6. The van der Waals surface area contributed by atoms with Gasteiger partial charge in [-0.05, 0) is 18.8 Å². The van der Waals surface area contributed by atoms with Gasteiger partial charge in [0.2, 0.25) is 0 Å². The van der Waals surface area contributed by atoms with Gasteiger partial charge in [-0.2, -0.15) is 4.89 Å². The van der Waals surface area contributed by atoms with Gasteiger partial charge in [-0.1, -0.05) is 34.1 Å². The summed E-state index contributed by atoms with van der Waals surface area (Å²) in [7, 11) is 0. The summed E-state index contributed by atoms with van der Waals surface area (Å²) in [5, 5.41) is 0. The SMILES string of the molecule is CCOOC(=O)C(CC)C(C)(C)CC. The second kappa shape index (κ2) is 6.02. The van der Waals surface area contributed by atoms with Crippen molar-refractivity contribution in [1.82, 2.24) is 0 Å². The Hall–Kier alpha value is -0.570. The summed E-state index contributed by atoms with van der Waals surface area (Å²) in [5.41, 5.74) is -0.0249. The smallest absolute Gasteiger partial charge is 0.298 e. The third kappa shape index (κ3) is 3.66. The van der Waals surface area contributed by atoms with Crippen molar-refractivity contribution in [2.75, 3.05) is 6.61 Å². The van der Waals surface area contributed by atoms with E-state index < -0.39 is 0 Å². The Morgan fingerprint density at radius 3 is 2.21 bits per heavy atom. The van der Waals surface area contributed by atoms with Crippen LogP contribution in [-0.4, -0.2) is 12.6 Å². The lowest BCUT2D eigenvalue weighted by Gasteiger charge is -2.30. The Bertz CT molecular complexity index is 175. The van der Waals surface area contributed by atoms with Gasteiger partial charge in [0.25, 0.3) is 0 Å². The highest BCUT2D eigenvalue weighted by Crippen LogP contribution is 2.33. The van der Waals surface area contributed by atoms with Crippen LogP contribution in [0.5, 0.6) is 0 Å². The standard InChI is InChI=1S/C11H22O3/c1-6-9(11(4,5)7-2)10(12)14-13-8-3/h9H,6-8H2,1-5H3. The predicted molar refractivity (Wildman–Crippen MR) is 55.6 cm³/mol. The van der Waals surface area contributed by atoms with Gasteiger partial charge in [0.05, 0.1) is 12.5 Å². The molecule has 0 N–H and O–H groups in total. The summed E-state index contributed by atoms with van der Waals surface area (Å²) in [6.07, 6.45) is 1.74. The summed E-state index contributed by atoms with van der Waals surface area (Å²) in [5.74, 6) is -0.333. The second-order valence-electron chi connectivity index (χ2n) is 4.11. The van der Waals surface area contributed by atoms with Gasteiger partial charge in [-0.3, -0.25) is 4.89 Å². The van der Waals surface area contributed by atoms with E-state index in [0.29, 0.717) is 6.61 Å². The van der Waals surface area contributed by atoms with Gasteiger partial charge in [-0.15, -0.1) is 0 Å². The molecule has 0 saturated heterocycles. The lowest BCUT2D eigenvalue weighted by atomic mass is 9.75. The van der Waals surface area contributed by atoms with E-state index >= 15 is 0 Å². The molecule has 0 amide bonds. The zero-order chi connectivity index (χ0) is 11.2. The van der Waals surface area contributed by atoms with Crippen LogP contribution in [0.3, 0.4) is 0 Å². The number of hydrogen-bond donors (Lipinski definition) is 0. The molecule has 1 atom stereocenters. The van der Waals surface area contributed by atoms with Crippen LogP contribution in [0, 0.1) is 11.3 Å². The zero-order valence-corrected chi connectivity index (χ0v) is 9.92. The molecule has 0 aromatic heterocycles. The number of carbonyl (C=O) groups excluding carboxylic acids is 1. The van der Waals surface area contributed by atoms with Crippen LogP contribution in [0.25, 0.3) is 0 Å². The molecule has 14 heavy (non-hydrogen) atoms. The van der Waals surface area contributed by atoms with Gasteiger partial charge < -0.3 is 0 Å². The number of carbonyl (C=O) groups is 1. The molecule has 0 radical (unpaired) electrons. The van der Waals surface area contributed by atoms with Gasteiger partial charge >= 0.3 is 5.97 Å². The van der Waals surface area contributed by atoms with Crippen LogP contribution in [0.1, 0.15) is 47.5 Å². The first kappa shape index (κ1) is 13.4. The molecule has 0 saturated carbocycles. The van der Waals surface area contributed by atoms with E-state index in [9.17, 15) is 4.79 Å². The Kier molecular flexibility index (Phi) is 5.77. The maximum Gasteiger partial charge on any atom is 0.345 e. The van der Waals surface area contributed by atoms with Gasteiger partial charge in [0.15, 0.2) is 0 Å². The number of hydrogen-bond acceptors (Lipinski definition) is 3. The molecule has 0 aliphatic rings. The maximum atomic E-state index is 11.6. The van der Waals surface area contributed by atoms with Crippen molar-refractivity contribution < 1.29 is 14.6 Å². The molecule has 0 rings (SSSR count). The van der Waals surface area contributed by atoms with E-state index in [-0.39, 0.29) is 17.3 Å². The van der Waals surface area contributed by atoms with E-state index in [0.717, 1.165) is 12.8 Å². The van der Waals surface area contributed by atoms with Crippen LogP contribution in [0.15, 0.2) is 0 Å². The molecule has 0 fully saturated rings. The van der Waals surface area contributed by atoms with Crippen LogP contribution >= 0.6 is 0 Å². The Labute approximate surface area is 86.7 Å². The Morgan fingerprint density at radius 2 is 1.86 bits per heavy atom. The highest BCUT2D eigenvalue weighted by Gasteiger charge is 2.34. The largest absolute Gasteiger partial charge is 0.345 e. The minimum absolute atomic E-state index is 0.0249. The molecule has 1 unspecified atom stereocenters. The van der Waals surface area contributed by atoms with Crippen LogP contribution in [0.4, 0.5) is 0 Å². The first-order valence-corrected chi connectivity index (χ1v) is 5.32. The van der Waals surface area contributed by atoms with E-state index in [2.05, 4.69) is 25.7 Å². The minimum Gasteiger partial charge on any atom is -0.298 e. The van der Waals surface area contributed by atoms with E-state index in [4.69, 9.17) is 4.89 Å². The van der Waals surface area contributed by atoms with Crippen LogP contribution in [0.2, 0.25) is 0 Å². The van der Waals surface area contributed by atoms with Gasteiger partial charge in [0, 0.05) is 0 Å². The highest BCUT2D eigenvalue weighted by molar-refractivity contribution is 5.72. The average Bonchev–Trinajstić information content (AvgIpc) is 2.15. The third-order valence-electron chi connectivity index (χ3n) is 2.81. The van der Waals surface area contributed by atoms with E-state index in [1.807, 2.05) is 6.92 Å². The van der Waals surface area contributed by atoms with Crippen molar-refractivity contribution in [3.05, 3.63) is 0 Å². The lowest BCUT2D eigenvalue weighted by molar-refractivity contribution is -0.276. The molecule has 0 aliphatic heterocycles. The van der Waals surface area contributed by atoms with Crippen molar-refractivity contribution in [3.8, 4) is 0 Å². The molecule has 0 bridgehead atoms. The van der Waals surface area contributed by atoms with Crippen LogP contribution < -0.4 is 0 Å². The van der Waals surface area contributed by atoms with Gasteiger partial charge in [0.1, 0.15) is 0 Å². The van der Waals surface area contributed by atoms with Crippen molar-refractivity contribution in [1.29, 1.82) is 0 Å².